The van der Waals surface area contributed by atoms with Crippen LogP contribution < -0.4 is 0 Å². The summed E-state index contributed by atoms with van der Waals surface area (Å²) in [5.41, 5.74) is 1.05. The zero-order chi connectivity index (χ0) is 10.3. The van der Waals surface area contributed by atoms with Crippen molar-refractivity contribution in [2.75, 3.05) is 0 Å². The van der Waals surface area contributed by atoms with E-state index in [-0.39, 0.29) is 5.54 Å². The predicted octanol–water partition coefficient (Wildman–Crippen LogP) is 3.44. The maximum absolute atomic E-state index is 6.05. The van der Waals surface area contributed by atoms with Gasteiger partial charge in [-0.2, -0.15) is 5.10 Å². The molecule has 0 spiro atoms. The van der Waals surface area contributed by atoms with Crippen molar-refractivity contribution in [1.82, 2.24) is 9.78 Å². The second-order valence-electron chi connectivity index (χ2n) is 4.39. The zero-order valence-corrected chi connectivity index (χ0v) is 9.34. The molecule has 1 heterocycles. The lowest BCUT2D eigenvalue weighted by Gasteiger charge is -2.20. The number of hydrogen-bond acceptors (Lipinski definition) is 1. The number of benzene rings is 1. The summed E-state index contributed by atoms with van der Waals surface area (Å²) in [6.45, 7) is 6.34. The highest BCUT2D eigenvalue weighted by atomic mass is 35.5. The third-order valence-corrected chi connectivity index (χ3v) is 2.46. The maximum Gasteiger partial charge on any atom is 0.158 e. The van der Waals surface area contributed by atoms with Crippen LogP contribution >= 0.6 is 11.6 Å². The molecule has 1 aromatic heterocycles. The van der Waals surface area contributed by atoms with Gasteiger partial charge in [-0.3, -0.25) is 4.68 Å². The van der Waals surface area contributed by atoms with Gasteiger partial charge in [0, 0.05) is 5.39 Å². The predicted molar refractivity (Wildman–Crippen MR) is 59.7 cm³/mol. The van der Waals surface area contributed by atoms with Crippen LogP contribution in [0.3, 0.4) is 0 Å². The number of hydrogen-bond donors (Lipinski definition) is 0. The fourth-order valence-corrected chi connectivity index (χ4v) is 1.78. The van der Waals surface area contributed by atoms with Crippen molar-refractivity contribution in [3.63, 3.8) is 0 Å². The van der Waals surface area contributed by atoms with Gasteiger partial charge in [0.2, 0.25) is 0 Å². The van der Waals surface area contributed by atoms with Crippen molar-refractivity contribution in [2.24, 2.45) is 0 Å². The van der Waals surface area contributed by atoms with Crippen LogP contribution in [0.1, 0.15) is 20.8 Å². The molecule has 0 saturated carbocycles. The minimum absolute atomic E-state index is 0.0350. The van der Waals surface area contributed by atoms with Gasteiger partial charge in [-0.25, -0.2) is 0 Å². The van der Waals surface area contributed by atoms with Gasteiger partial charge in [-0.15, -0.1) is 0 Å². The van der Waals surface area contributed by atoms with Crippen LogP contribution in [0.5, 0.6) is 0 Å². The first-order chi connectivity index (χ1) is 6.50. The number of nitrogens with zero attached hydrogens (tertiary/aromatic N) is 2. The van der Waals surface area contributed by atoms with Crippen molar-refractivity contribution in [3.05, 3.63) is 29.4 Å². The van der Waals surface area contributed by atoms with Gasteiger partial charge in [0.25, 0.3) is 0 Å². The molecule has 0 aliphatic heterocycles. The molecule has 0 aliphatic rings. The van der Waals surface area contributed by atoms with E-state index < -0.39 is 0 Å². The van der Waals surface area contributed by atoms with Crippen molar-refractivity contribution >= 4 is 22.5 Å². The Kier molecular flexibility index (Phi) is 2.04. The molecular formula is C11H13ClN2. The molecule has 0 atom stereocenters. The Morgan fingerprint density at radius 3 is 2.50 bits per heavy atom. The molecule has 0 radical (unpaired) electrons. The average molecular weight is 209 g/mol. The van der Waals surface area contributed by atoms with E-state index in [0.29, 0.717) is 5.15 Å². The van der Waals surface area contributed by atoms with Gasteiger partial charge in [-0.1, -0.05) is 23.7 Å². The standard InChI is InChI=1S/C11H13ClN2/c1-11(2,3)14-9-7-5-4-6-8(9)10(12)13-14/h4-7H,1-3H3. The van der Waals surface area contributed by atoms with Gasteiger partial charge >= 0.3 is 0 Å². The van der Waals surface area contributed by atoms with Crippen molar-refractivity contribution in [3.8, 4) is 0 Å². The van der Waals surface area contributed by atoms with Gasteiger partial charge in [-0.05, 0) is 32.9 Å². The van der Waals surface area contributed by atoms with Gasteiger partial charge in [0.15, 0.2) is 5.15 Å². The van der Waals surface area contributed by atoms with E-state index in [1.165, 1.54) is 0 Å². The number of rotatable bonds is 0. The molecule has 0 bridgehead atoms. The van der Waals surface area contributed by atoms with Crippen LogP contribution in [-0.4, -0.2) is 9.78 Å². The number of fused-ring (bicyclic) bond motifs is 1. The summed E-state index contributed by atoms with van der Waals surface area (Å²) in [5.74, 6) is 0. The number of para-hydroxylation sites is 1. The number of halogens is 1. The van der Waals surface area contributed by atoms with Crippen molar-refractivity contribution < 1.29 is 0 Å². The first-order valence-electron chi connectivity index (χ1n) is 4.64. The second-order valence-corrected chi connectivity index (χ2v) is 4.75. The molecule has 74 valence electrons. The minimum atomic E-state index is -0.0350. The van der Waals surface area contributed by atoms with Crippen LogP contribution in [0, 0.1) is 0 Å². The highest BCUT2D eigenvalue weighted by molar-refractivity contribution is 6.34. The molecule has 0 amide bonds. The largest absolute Gasteiger partial charge is 0.258 e. The summed E-state index contributed by atoms with van der Waals surface area (Å²) in [6, 6.07) is 8.01. The molecule has 0 fully saturated rings. The van der Waals surface area contributed by atoms with E-state index in [0.717, 1.165) is 10.9 Å². The summed E-state index contributed by atoms with van der Waals surface area (Å²) in [6.07, 6.45) is 0. The highest BCUT2D eigenvalue weighted by Crippen LogP contribution is 2.27. The zero-order valence-electron chi connectivity index (χ0n) is 8.58. The molecule has 2 rings (SSSR count). The van der Waals surface area contributed by atoms with Crippen LogP contribution in [0.15, 0.2) is 24.3 Å². The molecule has 14 heavy (non-hydrogen) atoms. The topological polar surface area (TPSA) is 17.8 Å². The average Bonchev–Trinajstić information content (AvgIpc) is 2.44. The third-order valence-electron chi connectivity index (χ3n) is 2.18. The molecule has 0 saturated heterocycles. The monoisotopic (exact) mass is 208 g/mol. The fraction of sp³-hybridized carbons (Fsp3) is 0.364. The maximum atomic E-state index is 6.05. The Balaban J connectivity index is 2.80. The molecule has 0 N–H and O–H groups in total. The van der Waals surface area contributed by atoms with Crippen LogP contribution in [0.2, 0.25) is 5.15 Å². The molecule has 0 unspecified atom stereocenters. The summed E-state index contributed by atoms with van der Waals surface area (Å²) in [7, 11) is 0. The Labute approximate surface area is 88.5 Å². The smallest absolute Gasteiger partial charge is 0.158 e. The lowest BCUT2D eigenvalue weighted by molar-refractivity contribution is 0.368. The second kappa shape index (κ2) is 2.99. The number of aromatic nitrogens is 2. The third kappa shape index (κ3) is 1.40. The highest BCUT2D eigenvalue weighted by Gasteiger charge is 2.18. The Morgan fingerprint density at radius 1 is 1.21 bits per heavy atom. The summed E-state index contributed by atoms with van der Waals surface area (Å²) < 4.78 is 1.96. The van der Waals surface area contributed by atoms with E-state index in [1.807, 2.05) is 28.9 Å². The summed E-state index contributed by atoms with van der Waals surface area (Å²) >= 11 is 6.05. The first-order valence-corrected chi connectivity index (χ1v) is 5.02. The van der Waals surface area contributed by atoms with E-state index in [4.69, 9.17) is 11.6 Å². The van der Waals surface area contributed by atoms with Crippen molar-refractivity contribution in [2.45, 2.75) is 26.3 Å². The fourth-order valence-electron chi connectivity index (χ4n) is 1.54. The summed E-state index contributed by atoms with van der Waals surface area (Å²) in [4.78, 5) is 0. The van der Waals surface area contributed by atoms with Crippen molar-refractivity contribution in [1.29, 1.82) is 0 Å². The minimum Gasteiger partial charge on any atom is -0.258 e. The SMILES string of the molecule is CC(C)(C)n1nc(Cl)c2ccccc21. The van der Waals surface area contributed by atoms with E-state index in [9.17, 15) is 0 Å². The van der Waals surface area contributed by atoms with E-state index in [1.54, 1.807) is 0 Å². The Morgan fingerprint density at radius 2 is 1.86 bits per heavy atom. The molecule has 2 nitrogen and oxygen atoms in total. The normalized spacial score (nSPS) is 12.3. The molecule has 1 aromatic carbocycles. The molecule has 3 heteroatoms. The van der Waals surface area contributed by atoms with Crippen LogP contribution in [0.4, 0.5) is 0 Å². The van der Waals surface area contributed by atoms with E-state index >= 15 is 0 Å². The molecule has 0 aliphatic carbocycles. The lowest BCUT2D eigenvalue weighted by Crippen LogP contribution is -2.22. The van der Waals surface area contributed by atoms with Gasteiger partial charge < -0.3 is 0 Å². The van der Waals surface area contributed by atoms with Gasteiger partial charge in [0.05, 0.1) is 11.1 Å². The quantitative estimate of drug-likeness (QED) is 0.649. The lowest BCUT2D eigenvalue weighted by atomic mass is 10.1. The van der Waals surface area contributed by atoms with Gasteiger partial charge in [0.1, 0.15) is 0 Å². The summed E-state index contributed by atoms with van der Waals surface area (Å²) in [5, 5.41) is 5.94. The molecular weight excluding hydrogens is 196 g/mol. The molecule has 2 aromatic rings. The Hall–Kier alpha value is -1.02. The Bertz CT molecular complexity index is 466. The van der Waals surface area contributed by atoms with E-state index in [2.05, 4.69) is 25.9 Å². The van der Waals surface area contributed by atoms with Crippen LogP contribution in [0.25, 0.3) is 10.9 Å². The first kappa shape index (κ1) is 9.53. The van der Waals surface area contributed by atoms with Crippen LogP contribution in [-0.2, 0) is 5.54 Å².